The summed E-state index contributed by atoms with van der Waals surface area (Å²) in [7, 11) is -0.0437. The number of carbonyl (C=O) groups excluding carboxylic acids is 3. The van der Waals surface area contributed by atoms with Gasteiger partial charge in [0.05, 0.1) is 22.6 Å². The van der Waals surface area contributed by atoms with E-state index in [0.29, 0.717) is 12.1 Å². The third kappa shape index (κ3) is 5.16. The number of para-hydroxylation sites is 1. The minimum absolute atomic E-state index is 0.0356. The average molecular weight is 459 g/mol. The molecule has 2 amide bonds. The Hall–Kier alpha value is -3.20. The second kappa shape index (κ2) is 9.52. The Kier molecular flexibility index (Phi) is 6.98. The van der Waals surface area contributed by atoms with E-state index in [1.807, 2.05) is 6.07 Å². The van der Waals surface area contributed by atoms with Crippen molar-refractivity contribution in [2.45, 2.75) is 25.5 Å². The summed E-state index contributed by atoms with van der Waals surface area (Å²) in [4.78, 5) is 41.3. The van der Waals surface area contributed by atoms with Crippen molar-refractivity contribution in [2.75, 3.05) is 30.5 Å². The number of hydrogen-bond acceptors (Lipinski definition) is 6. The molecule has 2 atom stereocenters. The van der Waals surface area contributed by atoms with Crippen LogP contribution in [0.1, 0.15) is 34.1 Å². The number of amides is 2. The van der Waals surface area contributed by atoms with Crippen LogP contribution >= 0.6 is 0 Å². The molecule has 170 valence electrons. The number of likely N-dealkylation sites (N-methyl/N-ethyl adjacent to an activating group) is 1. The number of hydrogen-bond donors (Lipinski definition) is 0. The number of ether oxygens (including phenoxy) is 1. The average Bonchev–Trinajstić information content (AvgIpc) is 3.17. The van der Waals surface area contributed by atoms with E-state index in [1.54, 1.807) is 43.4 Å². The zero-order valence-electron chi connectivity index (χ0n) is 18.2. The molecule has 1 heterocycles. The van der Waals surface area contributed by atoms with Crippen molar-refractivity contribution >= 4 is 33.3 Å². The van der Waals surface area contributed by atoms with Gasteiger partial charge in [0.25, 0.3) is 11.8 Å². The van der Waals surface area contributed by atoms with E-state index >= 15 is 0 Å². The molecule has 0 N–H and O–H groups in total. The van der Waals surface area contributed by atoms with Crippen LogP contribution in [0.2, 0.25) is 0 Å². The molecule has 9 heteroatoms. The number of rotatable bonds is 6. The molecule has 0 aromatic heterocycles. The number of nitrogens with zero attached hydrogens (tertiary/aromatic N) is 2. The summed E-state index contributed by atoms with van der Waals surface area (Å²) in [5, 5.41) is 0. The first-order valence-corrected chi connectivity index (χ1v) is 12.0. The summed E-state index contributed by atoms with van der Waals surface area (Å²) in [6.07, 6.45) is -0.778. The Morgan fingerprint density at radius 1 is 0.969 bits per heavy atom. The van der Waals surface area contributed by atoms with Crippen LogP contribution in [0.3, 0.4) is 0 Å². The first-order valence-electron chi connectivity index (χ1n) is 10.2. The van der Waals surface area contributed by atoms with Crippen molar-refractivity contribution in [2.24, 2.45) is 0 Å². The Morgan fingerprint density at radius 3 is 2.16 bits per heavy atom. The molecule has 1 aliphatic heterocycles. The lowest BCUT2D eigenvalue weighted by Crippen LogP contribution is -2.44. The molecule has 0 bridgehead atoms. The highest BCUT2D eigenvalue weighted by Crippen LogP contribution is 2.20. The molecule has 2 aromatic carbocycles. The predicted molar refractivity (Wildman–Crippen MR) is 120 cm³/mol. The highest BCUT2D eigenvalue weighted by molar-refractivity contribution is 7.91. The van der Waals surface area contributed by atoms with Crippen molar-refractivity contribution in [3.05, 3.63) is 65.7 Å². The molecule has 1 fully saturated rings. The Balaban J connectivity index is 1.73. The van der Waals surface area contributed by atoms with Crippen LogP contribution < -0.4 is 4.90 Å². The van der Waals surface area contributed by atoms with Gasteiger partial charge in [-0.2, -0.15) is 0 Å². The second-order valence-corrected chi connectivity index (χ2v) is 10.0. The summed E-state index contributed by atoms with van der Waals surface area (Å²) in [6, 6.07) is 14.8. The van der Waals surface area contributed by atoms with Crippen molar-refractivity contribution in [3.63, 3.8) is 0 Å². The maximum atomic E-state index is 13.0. The van der Waals surface area contributed by atoms with Gasteiger partial charge in [-0.05, 0) is 37.6 Å². The fourth-order valence-electron chi connectivity index (χ4n) is 3.62. The molecule has 2 aromatic rings. The van der Waals surface area contributed by atoms with Gasteiger partial charge in [-0.25, -0.2) is 13.2 Å². The van der Waals surface area contributed by atoms with E-state index in [2.05, 4.69) is 0 Å². The first kappa shape index (κ1) is 23.5. The highest BCUT2D eigenvalue weighted by Gasteiger charge is 2.35. The zero-order chi connectivity index (χ0) is 23.5. The van der Waals surface area contributed by atoms with Gasteiger partial charge in [0.1, 0.15) is 0 Å². The maximum Gasteiger partial charge on any atom is 0.339 e. The van der Waals surface area contributed by atoms with Gasteiger partial charge in [-0.1, -0.05) is 30.3 Å². The lowest BCUT2D eigenvalue weighted by atomic mass is 10.1. The number of anilines is 1. The fraction of sp³-hybridized carbons (Fsp3) is 0.348. The Morgan fingerprint density at radius 2 is 1.56 bits per heavy atom. The summed E-state index contributed by atoms with van der Waals surface area (Å²) in [5.74, 6) is -1.75. The van der Waals surface area contributed by atoms with Crippen molar-refractivity contribution in [1.82, 2.24) is 4.90 Å². The Bertz CT molecular complexity index is 1120. The monoisotopic (exact) mass is 458 g/mol. The number of esters is 1. The predicted octanol–water partition coefficient (Wildman–Crippen LogP) is 2.15. The quantitative estimate of drug-likeness (QED) is 0.615. The van der Waals surface area contributed by atoms with Crippen molar-refractivity contribution < 1.29 is 27.5 Å². The van der Waals surface area contributed by atoms with Gasteiger partial charge in [-0.3, -0.25) is 9.59 Å². The topological polar surface area (TPSA) is 101 Å². The van der Waals surface area contributed by atoms with Crippen LogP contribution in [0.15, 0.2) is 54.6 Å². The van der Waals surface area contributed by atoms with E-state index < -0.39 is 39.8 Å². The van der Waals surface area contributed by atoms with Gasteiger partial charge < -0.3 is 14.5 Å². The molecule has 0 saturated carbocycles. The van der Waals surface area contributed by atoms with Crippen molar-refractivity contribution in [1.29, 1.82) is 0 Å². The van der Waals surface area contributed by atoms with Crippen LogP contribution in [0.5, 0.6) is 0 Å². The minimum Gasteiger partial charge on any atom is -0.449 e. The van der Waals surface area contributed by atoms with E-state index in [0.717, 1.165) is 0 Å². The molecule has 3 rings (SSSR count). The Labute approximate surface area is 187 Å². The molecule has 0 radical (unpaired) electrons. The maximum absolute atomic E-state index is 13.0. The van der Waals surface area contributed by atoms with E-state index in [4.69, 9.17) is 4.74 Å². The number of sulfone groups is 1. The van der Waals surface area contributed by atoms with E-state index in [-0.39, 0.29) is 22.6 Å². The molecular weight excluding hydrogens is 432 g/mol. The van der Waals surface area contributed by atoms with Crippen LogP contribution in [0.4, 0.5) is 5.69 Å². The van der Waals surface area contributed by atoms with Gasteiger partial charge >= 0.3 is 5.97 Å². The van der Waals surface area contributed by atoms with Crippen molar-refractivity contribution in [3.8, 4) is 0 Å². The first-order chi connectivity index (χ1) is 15.1. The molecule has 0 unspecified atom stereocenters. The SMILES string of the molecule is C[C@@H](OC(=O)c1ccccc1C(=O)N(C)c1ccccc1)C(=O)N(C)[C@@H]1CCS(=O)(=O)C1. The molecule has 0 spiro atoms. The minimum atomic E-state index is -3.16. The number of benzene rings is 2. The summed E-state index contributed by atoms with van der Waals surface area (Å²) in [6.45, 7) is 1.43. The van der Waals surface area contributed by atoms with Crippen LogP contribution in [-0.2, 0) is 19.4 Å². The van der Waals surface area contributed by atoms with Gasteiger partial charge in [0.2, 0.25) is 0 Å². The van der Waals surface area contributed by atoms with Crippen LogP contribution in [0.25, 0.3) is 0 Å². The smallest absolute Gasteiger partial charge is 0.339 e. The number of carbonyl (C=O) groups is 3. The standard InChI is InChI=1S/C23H26N2O6S/c1-16(21(26)25(3)18-13-14-32(29,30)15-18)31-23(28)20-12-8-7-11-19(20)22(27)24(2)17-9-5-4-6-10-17/h4-12,16,18H,13-15H2,1-3H3/t16-,18-/m1/s1. The van der Waals surface area contributed by atoms with E-state index in [9.17, 15) is 22.8 Å². The molecule has 32 heavy (non-hydrogen) atoms. The summed E-state index contributed by atoms with van der Waals surface area (Å²) < 4.78 is 28.8. The zero-order valence-corrected chi connectivity index (χ0v) is 19.0. The molecule has 8 nitrogen and oxygen atoms in total. The lowest BCUT2D eigenvalue weighted by Gasteiger charge is -2.26. The highest BCUT2D eigenvalue weighted by atomic mass is 32.2. The van der Waals surface area contributed by atoms with Gasteiger partial charge in [0, 0.05) is 25.8 Å². The third-order valence-corrected chi connectivity index (χ3v) is 7.31. The second-order valence-electron chi connectivity index (χ2n) is 7.80. The molecule has 1 aliphatic rings. The summed E-state index contributed by atoms with van der Waals surface area (Å²) >= 11 is 0. The van der Waals surface area contributed by atoms with Crippen LogP contribution in [-0.4, -0.2) is 68.8 Å². The molecule has 0 aliphatic carbocycles. The fourth-order valence-corrected chi connectivity index (χ4v) is 5.39. The largest absolute Gasteiger partial charge is 0.449 e. The van der Waals surface area contributed by atoms with Gasteiger partial charge in [-0.15, -0.1) is 0 Å². The molecule has 1 saturated heterocycles. The lowest BCUT2D eigenvalue weighted by molar-refractivity contribution is -0.140. The summed E-state index contributed by atoms with van der Waals surface area (Å²) in [5.41, 5.74) is 0.863. The molecular formula is C23H26N2O6S. The van der Waals surface area contributed by atoms with E-state index in [1.165, 1.54) is 35.9 Å². The van der Waals surface area contributed by atoms with Gasteiger partial charge in [0.15, 0.2) is 15.9 Å². The third-order valence-electron chi connectivity index (χ3n) is 5.56. The van der Waals surface area contributed by atoms with Crippen LogP contribution in [0, 0.1) is 0 Å². The normalized spacial score (nSPS) is 17.9.